The van der Waals surface area contributed by atoms with Gasteiger partial charge in [-0.3, -0.25) is 10.3 Å². The summed E-state index contributed by atoms with van der Waals surface area (Å²) in [5, 5.41) is 0. The Balaban J connectivity index is 2.80. The molecule has 0 spiro atoms. The highest BCUT2D eigenvalue weighted by Crippen LogP contribution is 2.28. The number of carbonyl (C=O) groups excluding carboxylic acids is 2. The molecule has 0 radical (unpaired) electrons. The molecule has 94 valence electrons. The first-order valence-electron chi connectivity index (χ1n) is 5.22. The second-order valence-electron chi connectivity index (χ2n) is 4.74. The maximum atomic E-state index is 11.7. The number of nitrogens with two attached hydrogens (primary N) is 1. The molecular formula is C11H17N3O3. The van der Waals surface area contributed by atoms with Crippen LogP contribution in [0.2, 0.25) is 0 Å². The predicted octanol–water partition coefficient (Wildman–Crippen LogP) is 1.51. The number of rotatable bonds is 0. The molecule has 2 amide bonds. The molecule has 1 aliphatic rings. The number of hydrazine groups is 1. The Morgan fingerprint density at radius 3 is 2.53 bits per heavy atom. The van der Waals surface area contributed by atoms with Crippen LogP contribution >= 0.6 is 0 Å². The van der Waals surface area contributed by atoms with Crippen LogP contribution in [0.15, 0.2) is 24.4 Å². The van der Waals surface area contributed by atoms with Gasteiger partial charge < -0.3 is 4.74 Å². The summed E-state index contributed by atoms with van der Waals surface area (Å²) in [6, 6.07) is -0.175. The number of hydrogen-bond donors (Lipinski definition) is 2. The Morgan fingerprint density at radius 1 is 1.35 bits per heavy atom. The zero-order chi connectivity index (χ0) is 13.1. The van der Waals surface area contributed by atoms with Crippen molar-refractivity contribution in [3.05, 3.63) is 24.4 Å². The lowest BCUT2D eigenvalue weighted by Gasteiger charge is -2.36. The maximum Gasteiger partial charge on any atom is 0.430 e. The Morgan fingerprint density at radius 2 is 2.00 bits per heavy atom. The molecule has 3 N–H and O–H groups in total. The summed E-state index contributed by atoms with van der Waals surface area (Å²) >= 11 is 0. The normalized spacial score (nSPS) is 19.1. The van der Waals surface area contributed by atoms with Gasteiger partial charge in [-0.05, 0) is 11.5 Å². The minimum absolute atomic E-state index is 0.167. The van der Waals surface area contributed by atoms with Crippen LogP contribution in [-0.2, 0) is 4.74 Å². The van der Waals surface area contributed by atoms with Gasteiger partial charge >= 0.3 is 12.2 Å². The van der Waals surface area contributed by atoms with Crippen molar-refractivity contribution in [2.45, 2.75) is 26.8 Å². The van der Waals surface area contributed by atoms with E-state index in [1.165, 1.54) is 4.90 Å². The molecule has 1 heterocycles. The smallest absolute Gasteiger partial charge is 0.358 e. The van der Waals surface area contributed by atoms with Crippen molar-refractivity contribution in [2.24, 2.45) is 11.3 Å². The fourth-order valence-electron chi connectivity index (χ4n) is 1.54. The quantitative estimate of drug-likeness (QED) is 0.290. The van der Waals surface area contributed by atoms with E-state index in [2.05, 4.69) is 4.74 Å². The van der Waals surface area contributed by atoms with Crippen LogP contribution in [0.5, 0.6) is 0 Å². The fourth-order valence-corrected chi connectivity index (χ4v) is 1.54. The highest BCUT2D eigenvalue weighted by Gasteiger charge is 2.33. The Hall–Kier alpha value is -1.82. The number of nitrogens with zero attached hydrogens (tertiary/aromatic N) is 1. The van der Waals surface area contributed by atoms with Crippen LogP contribution in [0.3, 0.4) is 0 Å². The number of ether oxygens (including phenoxy) is 1. The van der Waals surface area contributed by atoms with Crippen molar-refractivity contribution in [3.63, 3.8) is 0 Å². The molecule has 1 rings (SSSR count). The average Bonchev–Trinajstić information content (AvgIpc) is 2.27. The monoisotopic (exact) mass is 239 g/mol. The summed E-state index contributed by atoms with van der Waals surface area (Å²) in [7, 11) is 0. The van der Waals surface area contributed by atoms with E-state index in [0.717, 1.165) is 0 Å². The lowest BCUT2D eigenvalue weighted by atomic mass is 9.85. The molecule has 0 bridgehead atoms. The lowest BCUT2D eigenvalue weighted by Crippen LogP contribution is -2.46. The van der Waals surface area contributed by atoms with Gasteiger partial charge in [0, 0.05) is 6.20 Å². The zero-order valence-electron chi connectivity index (χ0n) is 10.1. The Labute approximate surface area is 100 Å². The van der Waals surface area contributed by atoms with Crippen molar-refractivity contribution in [1.82, 2.24) is 10.3 Å². The van der Waals surface area contributed by atoms with Crippen molar-refractivity contribution in [1.29, 1.82) is 0 Å². The number of carbonyl (C=O) groups is 2. The average molecular weight is 239 g/mol. The largest absolute Gasteiger partial charge is 0.430 e. The van der Waals surface area contributed by atoms with Gasteiger partial charge in [0.1, 0.15) is 0 Å². The van der Waals surface area contributed by atoms with Gasteiger partial charge in [0.05, 0.1) is 6.04 Å². The molecule has 0 aliphatic carbocycles. The SMILES string of the molecule is CC(C)(C)C1C=CC=CN1C(=O)OC(=O)NN. The minimum Gasteiger partial charge on any atom is -0.358 e. The molecule has 6 nitrogen and oxygen atoms in total. The topological polar surface area (TPSA) is 84.7 Å². The molecule has 0 saturated carbocycles. The first-order chi connectivity index (χ1) is 7.86. The molecule has 0 fully saturated rings. The molecule has 1 atom stereocenters. The van der Waals surface area contributed by atoms with Gasteiger partial charge in [0.2, 0.25) is 0 Å². The van der Waals surface area contributed by atoms with E-state index in [4.69, 9.17) is 5.84 Å². The van der Waals surface area contributed by atoms with Crippen molar-refractivity contribution >= 4 is 12.2 Å². The van der Waals surface area contributed by atoms with Crippen LogP contribution in [0, 0.1) is 5.41 Å². The highest BCUT2D eigenvalue weighted by molar-refractivity contribution is 5.84. The van der Waals surface area contributed by atoms with E-state index >= 15 is 0 Å². The third kappa shape index (κ3) is 3.32. The Bertz CT molecular complexity index is 369. The molecular weight excluding hydrogens is 222 g/mol. The maximum absolute atomic E-state index is 11.7. The predicted molar refractivity (Wildman–Crippen MR) is 62.6 cm³/mol. The van der Waals surface area contributed by atoms with Gasteiger partial charge in [-0.25, -0.2) is 15.4 Å². The number of allylic oxidation sites excluding steroid dienone is 2. The van der Waals surface area contributed by atoms with Gasteiger partial charge in [-0.15, -0.1) is 0 Å². The van der Waals surface area contributed by atoms with E-state index in [1.807, 2.05) is 32.9 Å². The molecule has 1 aliphatic heterocycles. The number of hydrogen-bond acceptors (Lipinski definition) is 4. The molecule has 1 unspecified atom stereocenters. The molecule has 17 heavy (non-hydrogen) atoms. The highest BCUT2D eigenvalue weighted by atomic mass is 16.6. The van der Waals surface area contributed by atoms with E-state index in [-0.39, 0.29) is 11.5 Å². The zero-order valence-corrected chi connectivity index (χ0v) is 10.1. The molecule has 0 saturated heterocycles. The second-order valence-corrected chi connectivity index (χ2v) is 4.74. The van der Waals surface area contributed by atoms with E-state index < -0.39 is 12.2 Å². The minimum atomic E-state index is -0.981. The van der Waals surface area contributed by atoms with E-state index in [0.29, 0.717) is 0 Å². The number of nitrogens with one attached hydrogen (secondary N) is 1. The Kier molecular flexibility index (Phi) is 3.90. The fraction of sp³-hybridized carbons (Fsp3) is 0.455. The summed E-state index contributed by atoms with van der Waals surface area (Å²) in [4.78, 5) is 24.0. The standard InChI is InChI=1S/C11H17N3O3/c1-11(2,3)8-6-4-5-7-14(8)10(16)17-9(15)13-12/h4-8H,12H2,1-3H3,(H,13,15). The van der Waals surface area contributed by atoms with Crippen LogP contribution < -0.4 is 11.3 Å². The van der Waals surface area contributed by atoms with Crippen LogP contribution in [0.1, 0.15) is 20.8 Å². The van der Waals surface area contributed by atoms with E-state index in [1.54, 1.807) is 17.7 Å². The first-order valence-corrected chi connectivity index (χ1v) is 5.22. The second kappa shape index (κ2) is 5.01. The summed E-state index contributed by atoms with van der Waals surface area (Å²) < 4.78 is 4.49. The van der Waals surface area contributed by atoms with Crippen LogP contribution in [0.4, 0.5) is 9.59 Å². The third-order valence-corrected chi connectivity index (χ3v) is 2.35. The molecule has 0 aromatic carbocycles. The van der Waals surface area contributed by atoms with Gasteiger partial charge in [0.15, 0.2) is 0 Å². The number of amides is 2. The molecule has 0 aromatic heterocycles. The first kappa shape index (κ1) is 13.2. The van der Waals surface area contributed by atoms with Gasteiger partial charge in [-0.2, -0.15) is 0 Å². The van der Waals surface area contributed by atoms with Crippen LogP contribution in [-0.4, -0.2) is 23.1 Å². The van der Waals surface area contributed by atoms with Crippen LogP contribution in [0.25, 0.3) is 0 Å². The summed E-state index contributed by atoms with van der Waals surface area (Å²) in [6.45, 7) is 5.97. The third-order valence-electron chi connectivity index (χ3n) is 2.35. The molecule has 6 heteroatoms. The summed E-state index contributed by atoms with van der Waals surface area (Å²) in [5.41, 5.74) is 1.57. The van der Waals surface area contributed by atoms with E-state index in [9.17, 15) is 9.59 Å². The van der Waals surface area contributed by atoms with Crippen molar-refractivity contribution in [3.8, 4) is 0 Å². The van der Waals surface area contributed by atoms with Crippen molar-refractivity contribution < 1.29 is 14.3 Å². The summed E-state index contributed by atoms with van der Waals surface area (Å²) in [6.07, 6.45) is 5.26. The summed E-state index contributed by atoms with van der Waals surface area (Å²) in [5.74, 6) is 4.84. The van der Waals surface area contributed by atoms with Gasteiger partial charge in [-0.1, -0.05) is 32.9 Å². The molecule has 0 aromatic rings. The lowest BCUT2D eigenvalue weighted by molar-refractivity contribution is 0.106. The van der Waals surface area contributed by atoms with Gasteiger partial charge in [0.25, 0.3) is 0 Å². The van der Waals surface area contributed by atoms with Crippen molar-refractivity contribution in [2.75, 3.05) is 0 Å².